The summed E-state index contributed by atoms with van der Waals surface area (Å²) in [6.07, 6.45) is 4.36. The first-order valence-corrected chi connectivity index (χ1v) is 10.2. The van der Waals surface area contributed by atoms with E-state index in [1.807, 2.05) is 6.92 Å². The lowest BCUT2D eigenvalue weighted by atomic mass is 10.3. The summed E-state index contributed by atoms with van der Waals surface area (Å²) in [6.45, 7) is 4.01. The van der Waals surface area contributed by atoms with Crippen LogP contribution in [0.15, 0.2) is 8.68 Å². The van der Waals surface area contributed by atoms with Crippen molar-refractivity contribution in [2.45, 2.75) is 54.6 Å². The number of nitrogens with zero attached hydrogens (tertiary/aromatic N) is 2. The van der Waals surface area contributed by atoms with E-state index in [0.717, 1.165) is 37.0 Å². The van der Waals surface area contributed by atoms with Gasteiger partial charge in [-0.1, -0.05) is 31.8 Å². The van der Waals surface area contributed by atoms with Gasteiger partial charge in [0.05, 0.1) is 5.75 Å². The summed E-state index contributed by atoms with van der Waals surface area (Å²) in [5.41, 5.74) is 0. The molecule has 0 bridgehead atoms. The quantitative estimate of drug-likeness (QED) is 0.514. The highest BCUT2D eigenvalue weighted by atomic mass is 32.3. The van der Waals surface area contributed by atoms with Gasteiger partial charge in [0, 0.05) is 11.2 Å². The molecule has 0 radical (unpaired) electrons. The van der Waals surface area contributed by atoms with Crippen LogP contribution in [0, 0.1) is 0 Å². The molecule has 110 valence electrons. The maximum atomic E-state index is 11.9. The van der Waals surface area contributed by atoms with Gasteiger partial charge in [0.1, 0.15) is 5.75 Å². The van der Waals surface area contributed by atoms with Crippen LogP contribution in [0.5, 0.6) is 0 Å². The van der Waals surface area contributed by atoms with Gasteiger partial charge in [0.15, 0.2) is 0 Å². The molecule has 1 unspecified atom stereocenters. The van der Waals surface area contributed by atoms with Crippen LogP contribution in [0.4, 0.5) is 0 Å². The maximum absolute atomic E-state index is 11.9. The van der Waals surface area contributed by atoms with E-state index in [1.54, 1.807) is 0 Å². The molecular formula is C11H20N2O3S3. The molecule has 0 aliphatic rings. The normalized spacial score (nSPS) is 13.6. The minimum absolute atomic E-state index is 0.000193. The molecule has 0 saturated carbocycles. The van der Waals surface area contributed by atoms with Crippen molar-refractivity contribution < 1.29 is 13.0 Å². The molecule has 1 aromatic heterocycles. The Labute approximate surface area is 121 Å². The molecule has 1 rings (SSSR count). The van der Waals surface area contributed by atoms with Crippen molar-refractivity contribution in [3.05, 3.63) is 0 Å². The van der Waals surface area contributed by atoms with E-state index >= 15 is 0 Å². The zero-order valence-electron chi connectivity index (χ0n) is 11.3. The highest BCUT2D eigenvalue weighted by molar-refractivity contribution is 7.95. The van der Waals surface area contributed by atoms with Crippen LogP contribution in [0.2, 0.25) is 0 Å². The molecule has 1 atom stereocenters. The fraction of sp³-hybridized carbons (Fsp3) is 0.818. The first-order valence-electron chi connectivity index (χ1n) is 6.46. The van der Waals surface area contributed by atoms with Crippen LogP contribution in [0.25, 0.3) is 0 Å². The van der Waals surface area contributed by atoms with E-state index in [2.05, 4.69) is 17.1 Å². The van der Waals surface area contributed by atoms with Crippen molar-refractivity contribution in [1.82, 2.24) is 10.2 Å². The third kappa shape index (κ3) is 5.37. The monoisotopic (exact) mass is 324 g/mol. The molecule has 0 fully saturated rings. The molecule has 0 spiro atoms. The third-order valence-corrected chi connectivity index (χ3v) is 7.45. The van der Waals surface area contributed by atoms with Gasteiger partial charge >= 0.3 is 4.34 Å². The second-order valence-corrected chi connectivity index (χ2v) is 9.27. The number of hydrogen-bond donors (Lipinski definition) is 0. The van der Waals surface area contributed by atoms with Crippen molar-refractivity contribution in [3.8, 4) is 0 Å². The second-order valence-electron chi connectivity index (χ2n) is 4.26. The van der Waals surface area contributed by atoms with E-state index in [0.29, 0.717) is 16.5 Å². The molecule has 19 heavy (non-hydrogen) atoms. The standard InChI is InChI=1S/C11H20N2O3S3/c1-3-5-7-8-18(14)10-12-13-11(17-10)19(15,16)9-6-4-2/h3-9H2,1-2H3. The third-order valence-electron chi connectivity index (χ3n) is 2.55. The Morgan fingerprint density at radius 1 is 1.16 bits per heavy atom. The molecule has 0 amide bonds. The zero-order valence-corrected chi connectivity index (χ0v) is 13.7. The summed E-state index contributed by atoms with van der Waals surface area (Å²) in [7, 11) is -3.35. The molecule has 0 saturated heterocycles. The van der Waals surface area contributed by atoms with E-state index in [9.17, 15) is 13.0 Å². The lowest BCUT2D eigenvalue weighted by Crippen LogP contribution is -2.06. The maximum Gasteiger partial charge on any atom is 0.322 e. The van der Waals surface area contributed by atoms with Gasteiger partial charge in [0.25, 0.3) is 0 Å². The average Bonchev–Trinajstić information content (AvgIpc) is 2.87. The zero-order chi connectivity index (χ0) is 14.3. The fourth-order valence-corrected chi connectivity index (χ4v) is 5.51. The number of unbranched alkanes of at least 4 members (excludes halogenated alkanes) is 3. The molecule has 1 aromatic rings. The minimum Gasteiger partial charge on any atom is -0.610 e. The van der Waals surface area contributed by atoms with Crippen molar-refractivity contribution >= 4 is 32.3 Å². The smallest absolute Gasteiger partial charge is 0.322 e. The van der Waals surface area contributed by atoms with Crippen LogP contribution in [-0.4, -0.2) is 34.7 Å². The van der Waals surface area contributed by atoms with Gasteiger partial charge in [-0.2, -0.15) is 0 Å². The predicted molar refractivity (Wildman–Crippen MR) is 77.7 cm³/mol. The van der Waals surface area contributed by atoms with Crippen LogP contribution >= 0.6 is 11.3 Å². The topological polar surface area (TPSA) is 83.0 Å². The van der Waals surface area contributed by atoms with E-state index in [4.69, 9.17) is 0 Å². The Bertz CT molecular complexity index is 473. The van der Waals surface area contributed by atoms with Gasteiger partial charge in [-0.3, -0.25) is 0 Å². The van der Waals surface area contributed by atoms with Crippen molar-refractivity contribution in [2.24, 2.45) is 0 Å². The summed E-state index contributed by atoms with van der Waals surface area (Å²) in [6, 6.07) is 0. The molecule has 0 aliphatic carbocycles. The Morgan fingerprint density at radius 2 is 1.84 bits per heavy atom. The van der Waals surface area contributed by atoms with Gasteiger partial charge in [-0.15, -0.1) is 5.10 Å². The summed E-state index contributed by atoms with van der Waals surface area (Å²) in [5.74, 6) is 0.609. The molecule has 0 N–H and O–H groups in total. The number of hydrogen-bond acceptors (Lipinski definition) is 6. The van der Waals surface area contributed by atoms with Crippen molar-refractivity contribution in [1.29, 1.82) is 0 Å². The summed E-state index contributed by atoms with van der Waals surface area (Å²) in [4.78, 5) is 0. The largest absolute Gasteiger partial charge is 0.610 e. The van der Waals surface area contributed by atoms with Crippen LogP contribution < -0.4 is 0 Å². The molecule has 0 aliphatic heterocycles. The highest BCUT2D eigenvalue weighted by Gasteiger charge is 2.24. The Hall–Kier alpha value is -0.180. The molecule has 0 aromatic carbocycles. The van der Waals surface area contributed by atoms with Gasteiger partial charge in [0.2, 0.25) is 14.2 Å². The van der Waals surface area contributed by atoms with Crippen LogP contribution in [-0.2, 0) is 21.0 Å². The van der Waals surface area contributed by atoms with Gasteiger partial charge < -0.3 is 4.55 Å². The Morgan fingerprint density at radius 3 is 2.47 bits per heavy atom. The first kappa shape index (κ1) is 16.9. The predicted octanol–water partition coefficient (Wildman–Crippen LogP) is 2.41. The van der Waals surface area contributed by atoms with Crippen LogP contribution in [0.1, 0.15) is 46.0 Å². The molecular weight excluding hydrogens is 304 g/mol. The molecule has 8 heteroatoms. The number of aromatic nitrogens is 2. The lowest BCUT2D eigenvalue weighted by Gasteiger charge is -2.04. The average molecular weight is 324 g/mol. The SMILES string of the molecule is CCCCC[S+]([O-])c1nnc(S(=O)(=O)CCCC)s1. The number of rotatable bonds is 9. The van der Waals surface area contributed by atoms with Gasteiger partial charge in [-0.25, -0.2) is 8.42 Å². The Kier molecular flexibility index (Phi) is 7.27. The first-order chi connectivity index (χ1) is 9.01. The van der Waals surface area contributed by atoms with E-state index < -0.39 is 21.0 Å². The van der Waals surface area contributed by atoms with Gasteiger partial charge in [-0.05, 0) is 30.6 Å². The fourth-order valence-electron chi connectivity index (χ4n) is 1.41. The van der Waals surface area contributed by atoms with Crippen molar-refractivity contribution in [3.63, 3.8) is 0 Å². The summed E-state index contributed by atoms with van der Waals surface area (Å²) < 4.78 is 36.0. The minimum atomic E-state index is -3.35. The van der Waals surface area contributed by atoms with Crippen molar-refractivity contribution in [2.75, 3.05) is 11.5 Å². The van der Waals surface area contributed by atoms with E-state index in [1.165, 1.54) is 0 Å². The lowest BCUT2D eigenvalue weighted by molar-refractivity contribution is 0.585. The Balaban J connectivity index is 2.65. The molecule has 1 heterocycles. The highest BCUT2D eigenvalue weighted by Crippen LogP contribution is 2.23. The number of sulfone groups is 1. The molecule has 5 nitrogen and oxygen atoms in total. The van der Waals surface area contributed by atoms with E-state index in [-0.39, 0.29) is 10.1 Å². The second kappa shape index (κ2) is 8.18. The summed E-state index contributed by atoms with van der Waals surface area (Å²) in [5, 5.41) is 7.44. The van der Waals surface area contributed by atoms with Crippen LogP contribution in [0.3, 0.4) is 0 Å². The summed E-state index contributed by atoms with van der Waals surface area (Å²) >= 11 is -0.278.